The van der Waals surface area contributed by atoms with Crippen molar-refractivity contribution in [3.05, 3.63) is 52.5 Å². The van der Waals surface area contributed by atoms with Crippen LogP contribution in [-0.4, -0.2) is 16.1 Å². The molecule has 1 heterocycles. The lowest BCUT2D eigenvalue weighted by Crippen LogP contribution is -2.05. The molecule has 21 heavy (non-hydrogen) atoms. The zero-order chi connectivity index (χ0) is 15.0. The van der Waals surface area contributed by atoms with Gasteiger partial charge in [0.25, 0.3) is 0 Å². The van der Waals surface area contributed by atoms with Crippen LogP contribution in [0.2, 0.25) is 0 Å². The van der Waals surface area contributed by atoms with Gasteiger partial charge in [0.15, 0.2) is 11.6 Å². The smallest absolute Gasteiger partial charge is 0.341 e. The fourth-order valence-electron chi connectivity index (χ4n) is 2.48. The lowest BCUT2D eigenvalue weighted by Gasteiger charge is -2.11. The number of aromatic nitrogens is 1. The summed E-state index contributed by atoms with van der Waals surface area (Å²) in [6.45, 7) is 1.81. The van der Waals surface area contributed by atoms with Crippen molar-refractivity contribution in [3.63, 3.8) is 0 Å². The number of benzene rings is 1. The van der Waals surface area contributed by atoms with E-state index in [0.29, 0.717) is 0 Å². The Balaban J connectivity index is 2.05. The Morgan fingerprint density at radius 2 is 2.14 bits per heavy atom. The molecule has 0 amide bonds. The zero-order valence-electron chi connectivity index (χ0n) is 11.5. The average Bonchev–Trinajstić information content (AvgIpc) is 2.89. The molecule has 0 bridgehead atoms. The van der Waals surface area contributed by atoms with Gasteiger partial charge in [-0.15, -0.1) is 0 Å². The van der Waals surface area contributed by atoms with Crippen molar-refractivity contribution in [2.24, 2.45) is 0 Å². The normalized spacial score (nSPS) is 13.0. The van der Waals surface area contributed by atoms with Crippen LogP contribution in [0.4, 0.5) is 4.39 Å². The highest BCUT2D eigenvalue weighted by molar-refractivity contribution is 5.90. The van der Waals surface area contributed by atoms with Gasteiger partial charge in [0.2, 0.25) is 5.88 Å². The maximum Gasteiger partial charge on any atom is 0.341 e. The summed E-state index contributed by atoms with van der Waals surface area (Å²) in [5.74, 6) is -1.73. The minimum atomic E-state index is -1.12. The molecule has 0 saturated carbocycles. The van der Waals surface area contributed by atoms with Crippen molar-refractivity contribution >= 4 is 5.97 Å². The Morgan fingerprint density at radius 1 is 1.33 bits per heavy atom. The van der Waals surface area contributed by atoms with Crippen molar-refractivity contribution in [1.82, 2.24) is 4.98 Å². The first-order chi connectivity index (χ1) is 10.0. The van der Waals surface area contributed by atoms with Gasteiger partial charge in [0.05, 0.1) is 0 Å². The molecule has 0 fully saturated rings. The van der Waals surface area contributed by atoms with Crippen LogP contribution in [0.5, 0.6) is 11.6 Å². The molecule has 0 spiro atoms. The van der Waals surface area contributed by atoms with Crippen LogP contribution < -0.4 is 4.74 Å². The average molecular weight is 287 g/mol. The van der Waals surface area contributed by atoms with Crippen molar-refractivity contribution in [1.29, 1.82) is 0 Å². The van der Waals surface area contributed by atoms with Crippen LogP contribution in [0.3, 0.4) is 0 Å². The monoisotopic (exact) mass is 287 g/mol. The highest BCUT2D eigenvalue weighted by Gasteiger charge is 2.22. The standard InChI is InChI=1S/C16H14FNO3/c1-9-5-6-12(17)14(7-9)21-15-11(16(19)20)8-10-3-2-4-13(10)18-15/h5-8H,2-4H2,1H3,(H,19,20). The van der Waals surface area contributed by atoms with E-state index >= 15 is 0 Å². The fraction of sp³-hybridized carbons (Fsp3) is 0.250. The highest BCUT2D eigenvalue weighted by Crippen LogP contribution is 2.31. The van der Waals surface area contributed by atoms with E-state index in [1.807, 2.05) is 0 Å². The number of carboxylic acid groups (broad SMARTS) is 1. The fourth-order valence-corrected chi connectivity index (χ4v) is 2.48. The Labute approximate surface area is 121 Å². The maximum absolute atomic E-state index is 13.8. The summed E-state index contributed by atoms with van der Waals surface area (Å²) in [5.41, 5.74) is 2.56. The highest BCUT2D eigenvalue weighted by atomic mass is 19.1. The van der Waals surface area contributed by atoms with Gasteiger partial charge in [-0.05, 0) is 55.5 Å². The van der Waals surface area contributed by atoms with Gasteiger partial charge in [-0.2, -0.15) is 0 Å². The number of fused-ring (bicyclic) bond motifs is 1. The first kappa shape index (κ1) is 13.5. The Hall–Kier alpha value is -2.43. The van der Waals surface area contributed by atoms with Gasteiger partial charge in [-0.25, -0.2) is 14.2 Å². The summed E-state index contributed by atoms with van der Waals surface area (Å²) < 4.78 is 19.2. The van der Waals surface area contributed by atoms with E-state index < -0.39 is 11.8 Å². The molecule has 3 rings (SSSR count). The number of halogens is 1. The number of pyridine rings is 1. The molecule has 1 aromatic carbocycles. The summed E-state index contributed by atoms with van der Waals surface area (Å²) >= 11 is 0. The molecular weight excluding hydrogens is 273 g/mol. The predicted octanol–water partition coefficient (Wildman–Crippen LogP) is 3.51. The van der Waals surface area contributed by atoms with Gasteiger partial charge >= 0.3 is 5.97 Å². The third kappa shape index (κ3) is 2.59. The zero-order valence-corrected chi connectivity index (χ0v) is 11.5. The molecular formula is C16H14FNO3. The minimum absolute atomic E-state index is 0.0112. The largest absolute Gasteiger partial charge is 0.477 e. The van der Waals surface area contributed by atoms with Gasteiger partial charge in [0.1, 0.15) is 5.56 Å². The van der Waals surface area contributed by atoms with Crippen molar-refractivity contribution in [2.45, 2.75) is 26.2 Å². The summed E-state index contributed by atoms with van der Waals surface area (Å²) in [4.78, 5) is 15.6. The van der Waals surface area contributed by atoms with E-state index in [0.717, 1.165) is 36.1 Å². The number of rotatable bonds is 3. The first-order valence-corrected chi connectivity index (χ1v) is 6.74. The number of carbonyl (C=O) groups is 1. The first-order valence-electron chi connectivity index (χ1n) is 6.74. The third-order valence-corrected chi connectivity index (χ3v) is 3.54. The second-order valence-corrected chi connectivity index (χ2v) is 5.14. The molecule has 0 unspecified atom stereocenters. The number of nitrogens with zero attached hydrogens (tertiary/aromatic N) is 1. The van der Waals surface area contributed by atoms with Crippen LogP contribution in [0.25, 0.3) is 0 Å². The van der Waals surface area contributed by atoms with E-state index in [2.05, 4.69) is 4.98 Å². The van der Waals surface area contributed by atoms with E-state index in [4.69, 9.17) is 4.74 Å². The van der Waals surface area contributed by atoms with Gasteiger partial charge in [0, 0.05) is 5.69 Å². The minimum Gasteiger partial charge on any atom is -0.477 e. The molecule has 1 aliphatic carbocycles. The maximum atomic E-state index is 13.8. The Bertz CT molecular complexity index is 728. The molecule has 0 aliphatic heterocycles. The van der Waals surface area contributed by atoms with E-state index in [9.17, 15) is 14.3 Å². The van der Waals surface area contributed by atoms with E-state index in [1.165, 1.54) is 12.1 Å². The summed E-state index contributed by atoms with van der Waals surface area (Å²) in [7, 11) is 0. The van der Waals surface area contributed by atoms with E-state index in [-0.39, 0.29) is 17.2 Å². The van der Waals surface area contributed by atoms with Gasteiger partial charge in [-0.1, -0.05) is 6.07 Å². The quantitative estimate of drug-likeness (QED) is 0.938. The topological polar surface area (TPSA) is 59.4 Å². The SMILES string of the molecule is Cc1ccc(F)c(Oc2nc3c(cc2C(=O)O)CCC3)c1. The van der Waals surface area contributed by atoms with Crippen LogP contribution in [0.15, 0.2) is 24.3 Å². The lowest BCUT2D eigenvalue weighted by molar-refractivity contribution is 0.0693. The lowest BCUT2D eigenvalue weighted by atomic mass is 10.1. The van der Waals surface area contributed by atoms with Gasteiger partial charge < -0.3 is 9.84 Å². The van der Waals surface area contributed by atoms with E-state index in [1.54, 1.807) is 19.1 Å². The van der Waals surface area contributed by atoms with Crippen LogP contribution in [0.1, 0.15) is 33.6 Å². The molecule has 4 nitrogen and oxygen atoms in total. The Kier molecular flexibility index (Phi) is 3.33. The molecule has 0 saturated heterocycles. The third-order valence-electron chi connectivity index (χ3n) is 3.54. The molecule has 0 radical (unpaired) electrons. The van der Waals surface area contributed by atoms with Crippen LogP contribution >= 0.6 is 0 Å². The van der Waals surface area contributed by atoms with Crippen molar-refractivity contribution in [3.8, 4) is 11.6 Å². The number of hydrogen-bond acceptors (Lipinski definition) is 3. The Morgan fingerprint density at radius 3 is 2.90 bits per heavy atom. The number of ether oxygens (including phenoxy) is 1. The number of aryl methyl sites for hydroxylation is 3. The second-order valence-electron chi connectivity index (χ2n) is 5.14. The van der Waals surface area contributed by atoms with Crippen LogP contribution in [0, 0.1) is 12.7 Å². The molecule has 0 atom stereocenters. The molecule has 1 aliphatic rings. The summed E-state index contributed by atoms with van der Waals surface area (Å²) in [6.07, 6.45) is 2.56. The summed E-state index contributed by atoms with van der Waals surface area (Å²) in [6, 6.07) is 6.02. The predicted molar refractivity (Wildman–Crippen MR) is 74.4 cm³/mol. The molecule has 1 aromatic heterocycles. The van der Waals surface area contributed by atoms with Crippen molar-refractivity contribution in [2.75, 3.05) is 0 Å². The number of carboxylic acids is 1. The second kappa shape index (κ2) is 5.16. The number of hydrogen-bond donors (Lipinski definition) is 1. The molecule has 1 N–H and O–H groups in total. The molecule has 5 heteroatoms. The number of aromatic carboxylic acids is 1. The van der Waals surface area contributed by atoms with Gasteiger partial charge in [-0.3, -0.25) is 0 Å². The van der Waals surface area contributed by atoms with Crippen molar-refractivity contribution < 1.29 is 19.0 Å². The molecule has 108 valence electrons. The van der Waals surface area contributed by atoms with Crippen LogP contribution in [-0.2, 0) is 12.8 Å². The molecule has 2 aromatic rings. The summed E-state index contributed by atoms with van der Waals surface area (Å²) in [5, 5.41) is 9.29.